The van der Waals surface area contributed by atoms with E-state index in [0.29, 0.717) is 17.8 Å². The molecule has 5 heteroatoms. The van der Waals surface area contributed by atoms with Crippen LogP contribution in [0.4, 0.5) is 10.5 Å². The molecule has 2 amide bonds. The van der Waals surface area contributed by atoms with Crippen LogP contribution in [0.5, 0.6) is 0 Å². The molecular formula is C10H13N3OS. The maximum Gasteiger partial charge on any atom is 0.319 e. The summed E-state index contributed by atoms with van der Waals surface area (Å²) in [6, 6.07) is 6.88. The van der Waals surface area contributed by atoms with Crippen molar-refractivity contribution < 1.29 is 4.79 Å². The van der Waals surface area contributed by atoms with Crippen LogP contribution in [0, 0.1) is 0 Å². The molecule has 0 unspecified atom stereocenters. The van der Waals surface area contributed by atoms with Gasteiger partial charge in [-0.05, 0) is 19.1 Å². The second-order valence-corrected chi connectivity index (χ2v) is 3.33. The number of hydrogen-bond acceptors (Lipinski definition) is 2. The lowest BCUT2D eigenvalue weighted by atomic mass is 10.2. The topological polar surface area (TPSA) is 67.2 Å². The van der Waals surface area contributed by atoms with Crippen LogP contribution in [-0.2, 0) is 0 Å². The molecule has 1 rings (SSSR count). The molecule has 0 aromatic heterocycles. The summed E-state index contributed by atoms with van der Waals surface area (Å²) in [5.74, 6) is 0. The number of thiocarbonyl (C=S) groups is 1. The van der Waals surface area contributed by atoms with Crippen molar-refractivity contribution >= 4 is 28.9 Å². The lowest BCUT2D eigenvalue weighted by molar-refractivity contribution is 0.252. The molecule has 0 aliphatic carbocycles. The standard InChI is InChI=1S/C10H13N3OS/c1-2-12-10(14)13-8-6-4-3-5-7(8)9(11)15/h3-6H,2H2,1H3,(H2,11,15)(H2,12,13,14). The number of anilines is 1. The quantitative estimate of drug-likeness (QED) is 0.680. The molecule has 1 aromatic carbocycles. The maximum atomic E-state index is 11.3. The highest BCUT2D eigenvalue weighted by molar-refractivity contribution is 7.80. The summed E-state index contributed by atoms with van der Waals surface area (Å²) in [6.07, 6.45) is 0. The number of carbonyl (C=O) groups excluding carboxylic acids is 1. The Hall–Kier alpha value is -1.62. The van der Waals surface area contributed by atoms with Crippen molar-refractivity contribution in [2.45, 2.75) is 6.92 Å². The highest BCUT2D eigenvalue weighted by Crippen LogP contribution is 2.14. The van der Waals surface area contributed by atoms with E-state index in [1.165, 1.54) is 0 Å². The van der Waals surface area contributed by atoms with Crippen LogP contribution >= 0.6 is 12.2 Å². The number of para-hydroxylation sites is 1. The molecule has 0 aliphatic heterocycles. The number of hydrogen-bond donors (Lipinski definition) is 3. The molecule has 80 valence electrons. The van der Waals surface area contributed by atoms with Crippen LogP contribution in [0.25, 0.3) is 0 Å². The Labute approximate surface area is 93.9 Å². The lowest BCUT2D eigenvalue weighted by Crippen LogP contribution is -2.29. The Morgan fingerprint density at radius 3 is 2.73 bits per heavy atom. The Kier molecular flexibility index (Phi) is 4.05. The fourth-order valence-corrected chi connectivity index (χ4v) is 1.31. The molecule has 0 bridgehead atoms. The summed E-state index contributed by atoms with van der Waals surface area (Å²) in [5, 5.41) is 5.30. The van der Waals surface area contributed by atoms with E-state index in [1.807, 2.05) is 19.1 Å². The Balaban J connectivity index is 2.84. The number of benzene rings is 1. The second-order valence-electron chi connectivity index (χ2n) is 2.89. The molecule has 1 aromatic rings. The molecule has 0 radical (unpaired) electrons. The van der Waals surface area contributed by atoms with E-state index in [-0.39, 0.29) is 11.0 Å². The number of urea groups is 1. The minimum atomic E-state index is -0.263. The van der Waals surface area contributed by atoms with Gasteiger partial charge in [0.05, 0.1) is 5.69 Å². The SMILES string of the molecule is CCNC(=O)Nc1ccccc1C(N)=S. The molecule has 0 saturated heterocycles. The first kappa shape index (κ1) is 11.5. The van der Waals surface area contributed by atoms with Gasteiger partial charge in [0.15, 0.2) is 0 Å². The zero-order valence-corrected chi connectivity index (χ0v) is 9.23. The molecule has 0 atom stereocenters. The highest BCUT2D eigenvalue weighted by atomic mass is 32.1. The van der Waals surface area contributed by atoms with E-state index in [4.69, 9.17) is 18.0 Å². The molecule has 15 heavy (non-hydrogen) atoms. The van der Waals surface area contributed by atoms with Crippen molar-refractivity contribution in [3.05, 3.63) is 29.8 Å². The number of rotatable bonds is 3. The van der Waals surface area contributed by atoms with Gasteiger partial charge in [-0.3, -0.25) is 0 Å². The average molecular weight is 223 g/mol. The van der Waals surface area contributed by atoms with Crippen LogP contribution in [0.15, 0.2) is 24.3 Å². The van der Waals surface area contributed by atoms with Crippen LogP contribution in [0.2, 0.25) is 0 Å². The minimum Gasteiger partial charge on any atom is -0.389 e. The summed E-state index contributed by atoms with van der Waals surface area (Å²) < 4.78 is 0. The molecular weight excluding hydrogens is 210 g/mol. The molecule has 0 saturated carbocycles. The van der Waals surface area contributed by atoms with Gasteiger partial charge in [-0.15, -0.1) is 0 Å². The van der Waals surface area contributed by atoms with Crippen molar-refractivity contribution in [3.63, 3.8) is 0 Å². The van der Waals surface area contributed by atoms with Gasteiger partial charge in [0.25, 0.3) is 0 Å². The van der Waals surface area contributed by atoms with E-state index in [1.54, 1.807) is 12.1 Å². The summed E-state index contributed by atoms with van der Waals surface area (Å²) in [5.41, 5.74) is 6.81. The van der Waals surface area contributed by atoms with E-state index >= 15 is 0 Å². The largest absolute Gasteiger partial charge is 0.389 e. The smallest absolute Gasteiger partial charge is 0.319 e. The van der Waals surface area contributed by atoms with Crippen molar-refractivity contribution in [1.82, 2.24) is 5.32 Å². The summed E-state index contributed by atoms with van der Waals surface area (Å²) in [6.45, 7) is 2.42. The number of amides is 2. The normalized spacial score (nSPS) is 9.40. The zero-order chi connectivity index (χ0) is 11.3. The van der Waals surface area contributed by atoms with Gasteiger partial charge in [-0.2, -0.15) is 0 Å². The second kappa shape index (κ2) is 5.31. The average Bonchev–Trinajstić information content (AvgIpc) is 2.18. The molecule has 4 nitrogen and oxygen atoms in total. The van der Waals surface area contributed by atoms with Gasteiger partial charge in [0.1, 0.15) is 4.99 Å². The minimum absolute atomic E-state index is 0.263. The third kappa shape index (κ3) is 3.21. The van der Waals surface area contributed by atoms with Crippen LogP contribution in [-0.4, -0.2) is 17.6 Å². The fraction of sp³-hybridized carbons (Fsp3) is 0.200. The Morgan fingerprint density at radius 1 is 1.47 bits per heavy atom. The number of carbonyl (C=O) groups is 1. The van der Waals surface area contributed by atoms with Gasteiger partial charge in [-0.1, -0.05) is 24.4 Å². The highest BCUT2D eigenvalue weighted by Gasteiger charge is 2.06. The van der Waals surface area contributed by atoms with Gasteiger partial charge in [0.2, 0.25) is 0 Å². The lowest BCUT2D eigenvalue weighted by Gasteiger charge is -2.09. The molecule has 0 aliphatic rings. The fourth-order valence-electron chi connectivity index (χ4n) is 1.13. The number of nitrogens with two attached hydrogens (primary N) is 1. The summed E-state index contributed by atoms with van der Waals surface area (Å²) >= 11 is 4.87. The van der Waals surface area contributed by atoms with Gasteiger partial charge in [-0.25, -0.2) is 4.79 Å². The molecule has 0 fully saturated rings. The predicted octanol–water partition coefficient (Wildman–Crippen LogP) is 1.46. The van der Waals surface area contributed by atoms with Crippen LogP contribution in [0.3, 0.4) is 0 Å². The van der Waals surface area contributed by atoms with Crippen LogP contribution < -0.4 is 16.4 Å². The first-order valence-electron chi connectivity index (χ1n) is 4.58. The number of nitrogens with one attached hydrogen (secondary N) is 2. The predicted molar refractivity (Wildman–Crippen MR) is 65.0 cm³/mol. The van der Waals surface area contributed by atoms with E-state index in [0.717, 1.165) is 0 Å². The molecule has 0 spiro atoms. The van der Waals surface area contributed by atoms with Crippen molar-refractivity contribution in [2.75, 3.05) is 11.9 Å². The summed E-state index contributed by atoms with van der Waals surface area (Å²) in [4.78, 5) is 11.5. The Morgan fingerprint density at radius 2 is 2.13 bits per heavy atom. The van der Waals surface area contributed by atoms with E-state index in [9.17, 15) is 4.79 Å². The third-order valence-corrected chi connectivity index (χ3v) is 2.00. The van der Waals surface area contributed by atoms with Gasteiger partial charge >= 0.3 is 6.03 Å². The first-order chi connectivity index (χ1) is 7.15. The molecule has 0 heterocycles. The van der Waals surface area contributed by atoms with Crippen molar-refractivity contribution in [3.8, 4) is 0 Å². The third-order valence-electron chi connectivity index (χ3n) is 1.78. The molecule has 4 N–H and O–H groups in total. The van der Waals surface area contributed by atoms with Gasteiger partial charge < -0.3 is 16.4 Å². The van der Waals surface area contributed by atoms with Crippen molar-refractivity contribution in [1.29, 1.82) is 0 Å². The van der Waals surface area contributed by atoms with Crippen LogP contribution in [0.1, 0.15) is 12.5 Å². The monoisotopic (exact) mass is 223 g/mol. The Bertz CT molecular complexity index is 379. The first-order valence-corrected chi connectivity index (χ1v) is 4.99. The van der Waals surface area contributed by atoms with Crippen molar-refractivity contribution in [2.24, 2.45) is 5.73 Å². The van der Waals surface area contributed by atoms with E-state index in [2.05, 4.69) is 10.6 Å². The zero-order valence-electron chi connectivity index (χ0n) is 8.41. The summed E-state index contributed by atoms with van der Waals surface area (Å²) in [7, 11) is 0. The van der Waals surface area contributed by atoms with Gasteiger partial charge in [0, 0.05) is 12.1 Å². The van der Waals surface area contributed by atoms with E-state index < -0.39 is 0 Å². The maximum absolute atomic E-state index is 11.3.